The molecule has 1 aromatic heterocycles. The number of H-pyrrole nitrogens is 2. The molecule has 1 rings (SSSR count). The van der Waals surface area contributed by atoms with Crippen molar-refractivity contribution in [3.05, 3.63) is 16.7 Å². The number of aromatic nitrogens is 2. The summed E-state index contributed by atoms with van der Waals surface area (Å²) in [5.74, 6) is 0. The maximum Gasteiger partial charge on any atom is 0.174 e. The van der Waals surface area contributed by atoms with Crippen molar-refractivity contribution >= 4 is 24.0 Å². The zero-order valence-corrected chi connectivity index (χ0v) is 8.09. The molecule has 0 radical (unpaired) electrons. The molecule has 1 heterocycles. The minimum Gasteiger partial charge on any atom is -0.375 e. The first-order valence-electron chi connectivity index (χ1n) is 3.40. The van der Waals surface area contributed by atoms with E-state index in [0.29, 0.717) is 11.2 Å². The maximum atomic E-state index is 9.47. The molecule has 1 aromatic rings. The van der Waals surface area contributed by atoms with Crippen LogP contribution in [0.5, 0.6) is 0 Å². The number of hydrogen-bond acceptors (Lipinski definition) is 3. The van der Waals surface area contributed by atoms with Crippen LogP contribution in [0.4, 0.5) is 0 Å². The summed E-state index contributed by atoms with van der Waals surface area (Å²) in [5, 5.41) is 9.47. The van der Waals surface area contributed by atoms with Crippen molar-refractivity contribution in [1.82, 2.24) is 14.8 Å². The molecule has 68 valence electrons. The number of nitrogens with one attached hydrogen (secondary N) is 3. The van der Waals surface area contributed by atoms with Gasteiger partial charge in [-0.2, -0.15) is 0 Å². The van der Waals surface area contributed by atoms with Crippen LogP contribution in [-0.4, -0.2) is 20.8 Å². The number of aromatic amines is 2. The van der Waals surface area contributed by atoms with Crippen molar-refractivity contribution in [2.45, 2.75) is 19.1 Å². The van der Waals surface area contributed by atoms with Gasteiger partial charge in [-0.3, -0.25) is 0 Å². The van der Waals surface area contributed by atoms with E-state index >= 15 is 0 Å². The van der Waals surface area contributed by atoms with E-state index in [0.717, 1.165) is 5.69 Å². The van der Waals surface area contributed by atoms with Crippen molar-refractivity contribution in [3.63, 3.8) is 0 Å². The zero-order valence-electron chi connectivity index (χ0n) is 6.52. The van der Waals surface area contributed by atoms with Gasteiger partial charge < -0.3 is 15.1 Å². The van der Waals surface area contributed by atoms with Crippen LogP contribution in [0.1, 0.15) is 12.6 Å². The van der Waals surface area contributed by atoms with Gasteiger partial charge in [0.1, 0.15) is 5.72 Å². The Hall–Kier alpha value is -0.360. The van der Waals surface area contributed by atoms with Crippen LogP contribution >= 0.6 is 24.0 Å². The molecule has 1 atom stereocenters. The summed E-state index contributed by atoms with van der Waals surface area (Å²) in [6.45, 7) is 1.57. The number of imidazole rings is 1. The maximum absolute atomic E-state index is 9.47. The zero-order chi connectivity index (χ0) is 9.19. The first-order chi connectivity index (χ1) is 5.53. The van der Waals surface area contributed by atoms with E-state index < -0.39 is 5.72 Å². The predicted molar refractivity (Wildman–Crippen MR) is 49.3 cm³/mol. The van der Waals surface area contributed by atoms with Gasteiger partial charge in [-0.25, -0.2) is 4.84 Å². The topological polar surface area (TPSA) is 63.8 Å². The second-order valence-corrected chi connectivity index (χ2v) is 3.41. The van der Waals surface area contributed by atoms with Crippen molar-refractivity contribution in [2.24, 2.45) is 0 Å². The standard InChI is InChI=1S/C6H10ClN3OS/c1-6(11,10-7)2-4-3-8-5(12)9-4/h3,10-11H,2H2,1H3,(H2,8,9,12). The summed E-state index contributed by atoms with van der Waals surface area (Å²) in [6.07, 6.45) is 2.06. The summed E-state index contributed by atoms with van der Waals surface area (Å²) < 4.78 is 0.537. The molecule has 0 saturated heterocycles. The third-order valence-corrected chi connectivity index (χ3v) is 2.02. The molecule has 0 aliphatic rings. The fraction of sp³-hybridized carbons (Fsp3) is 0.500. The van der Waals surface area contributed by atoms with Crippen LogP contribution in [0.15, 0.2) is 6.20 Å². The first-order valence-corrected chi connectivity index (χ1v) is 4.19. The van der Waals surface area contributed by atoms with Crippen molar-refractivity contribution in [1.29, 1.82) is 0 Å². The van der Waals surface area contributed by atoms with Gasteiger partial charge in [0.25, 0.3) is 0 Å². The monoisotopic (exact) mass is 207 g/mol. The molecule has 0 aliphatic heterocycles. The summed E-state index contributed by atoms with van der Waals surface area (Å²) in [7, 11) is 0. The van der Waals surface area contributed by atoms with E-state index in [2.05, 4.69) is 14.8 Å². The quantitative estimate of drug-likeness (QED) is 0.341. The number of halogens is 1. The Morgan fingerprint density at radius 3 is 2.92 bits per heavy atom. The molecule has 0 amide bonds. The number of aliphatic hydroxyl groups is 1. The van der Waals surface area contributed by atoms with E-state index in [1.54, 1.807) is 13.1 Å². The van der Waals surface area contributed by atoms with Crippen LogP contribution in [0.25, 0.3) is 0 Å². The highest BCUT2D eigenvalue weighted by atomic mass is 35.5. The third-order valence-electron chi connectivity index (χ3n) is 1.39. The van der Waals surface area contributed by atoms with Gasteiger partial charge in [-0.05, 0) is 30.9 Å². The Morgan fingerprint density at radius 2 is 2.50 bits per heavy atom. The summed E-state index contributed by atoms with van der Waals surface area (Å²) in [6, 6.07) is 0. The van der Waals surface area contributed by atoms with Gasteiger partial charge >= 0.3 is 0 Å². The fourth-order valence-electron chi connectivity index (χ4n) is 0.870. The second kappa shape index (κ2) is 3.57. The largest absolute Gasteiger partial charge is 0.375 e. The molecule has 12 heavy (non-hydrogen) atoms. The lowest BCUT2D eigenvalue weighted by Crippen LogP contribution is -2.38. The Labute approximate surface area is 80.1 Å². The second-order valence-electron chi connectivity index (χ2n) is 2.81. The molecule has 4 nitrogen and oxygen atoms in total. The van der Waals surface area contributed by atoms with Gasteiger partial charge in [0, 0.05) is 18.3 Å². The van der Waals surface area contributed by atoms with Crippen LogP contribution < -0.4 is 4.84 Å². The molecule has 4 N–H and O–H groups in total. The van der Waals surface area contributed by atoms with Gasteiger partial charge in [0.15, 0.2) is 4.77 Å². The lowest BCUT2D eigenvalue weighted by atomic mass is 10.1. The van der Waals surface area contributed by atoms with Gasteiger partial charge in [0.2, 0.25) is 0 Å². The highest BCUT2D eigenvalue weighted by Crippen LogP contribution is 2.07. The average Bonchev–Trinajstić information content (AvgIpc) is 2.35. The molecule has 0 saturated carbocycles. The predicted octanol–water partition coefficient (Wildman–Crippen LogP) is 1.07. The summed E-state index contributed by atoms with van der Waals surface area (Å²) in [5.41, 5.74) is -0.319. The Bertz CT molecular complexity index is 306. The number of rotatable bonds is 3. The van der Waals surface area contributed by atoms with Crippen molar-refractivity contribution in [3.8, 4) is 0 Å². The van der Waals surface area contributed by atoms with Gasteiger partial charge in [-0.15, -0.1) is 0 Å². The fourth-order valence-corrected chi connectivity index (χ4v) is 1.13. The molecular weight excluding hydrogens is 198 g/mol. The smallest absolute Gasteiger partial charge is 0.174 e. The third kappa shape index (κ3) is 2.60. The Balaban J connectivity index is 2.70. The van der Waals surface area contributed by atoms with Gasteiger partial charge in [-0.1, -0.05) is 0 Å². The Kier molecular flexibility index (Phi) is 2.89. The summed E-state index contributed by atoms with van der Waals surface area (Å²) >= 11 is 10.1. The van der Waals surface area contributed by atoms with E-state index in [9.17, 15) is 5.11 Å². The summed E-state index contributed by atoms with van der Waals surface area (Å²) in [4.78, 5) is 7.92. The van der Waals surface area contributed by atoms with E-state index in [4.69, 9.17) is 24.0 Å². The molecular formula is C6H10ClN3OS. The highest BCUT2D eigenvalue weighted by molar-refractivity contribution is 7.71. The van der Waals surface area contributed by atoms with Crippen LogP contribution in [0, 0.1) is 4.77 Å². The van der Waals surface area contributed by atoms with Gasteiger partial charge in [0.05, 0.1) is 0 Å². The van der Waals surface area contributed by atoms with E-state index in [-0.39, 0.29) is 0 Å². The van der Waals surface area contributed by atoms with Crippen molar-refractivity contribution < 1.29 is 5.11 Å². The van der Waals surface area contributed by atoms with Crippen LogP contribution in [0.2, 0.25) is 0 Å². The normalized spacial score (nSPS) is 15.9. The molecule has 0 aliphatic carbocycles. The average molecular weight is 208 g/mol. The molecule has 0 aromatic carbocycles. The Morgan fingerprint density at radius 1 is 1.83 bits per heavy atom. The minimum atomic E-state index is -1.12. The molecule has 0 bridgehead atoms. The van der Waals surface area contributed by atoms with Crippen LogP contribution in [-0.2, 0) is 6.42 Å². The lowest BCUT2D eigenvalue weighted by molar-refractivity contribution is 0.0486. The lowest BCUT2D eigenvalue weighted by Gasteiger charge is -2.19. The SMILES string of the molecule is CC(O)(Cc1c[nH]c(=S)[nH]1)NCl. The van der Waals surface area contributed by atoms with E-state index in [1.807, 2.05) is 0 Å². The van der Waals surface area contributed by atoms with Crippen LogP contribution in [0.3, 0.4) is 0 Å². The van der Waals surface area contributed by atoms with E-state index in [1.165, 1.54) is 0 Å². The first kappa shape index (κ1) is 9.73. The molecule has 1 unspecified atom stereocenters. The highest BCUT2D eigenvalue weighted by Gasteiger charge is 2.19. The molecule has 6 heteroatoms. The number of hydrogen-bond donors (Lipinski definition) is 4. The molecule has 0 fully saturated rings. The minimum absolute atomic E-state index is 0.365. The molecule has 0 spiro atoms. The van der Waals surface area contributed by atoms with Crippen molar-refractivity contribution in [2.75, 3.05) is 0 Å².